The van der Waals surface area contributed by atoms with Crippen molar-refractivity contribution in [1.29, 1.82) is 0 Å². The number of pyridine rings is 1. The molecule has 1 heterocycles. The van der Waals surface area contributed by atoms with Crippen molar-refractivity contribution in [3.63, 3.8) is 0 Å². The van der Waals surface area contributed by atoms with E-state index in [4.69, 9.17) is 0 Å². The summed E-state index contributed by atoms with van der Waals surface area (Å²) in [5.41, 5.74) is 2.71. The molecule has 0 atom stereocenters. The molecule has 5 heteroatoms. The highest BCUT2D eigenvalue weighted by atomic mass is 16.2. The second-order valence-electron chi connectivity index (χ2n) is 5.72. The molecule has 0 aliphatic rings. The molecule has 26 heavy (non-hydrogen) atoms. The van der Waals surface area contributed by atoms with E-state index in [9.17, 15) is 9.59 Å². The van der Waals surface area contributed by atoms with Gasteiger partial charge in [0.05, 0.1) is 0 Å². The Hall–Kier alpha value is -3.47. The molecule has 2 N–H and O–H groups in total. The number of hydrogen-bond acceptors (Lipinski definition) is 3. The molecule has 0 unspecified atom stereocenters. The predicted molar refractivity (Wildman–Crippen MR) is 101 cm³/mol. The van der Waals surface area contributed by atoms with Crippen molar-refractivity contribution >= 4 is 17.5 Å². The van der Waals surface area contributed by atoms with Gasteiger partial charge in [-0.05, 0) is 48.5 Å². The van der Waals surface area contributed by atoms with E-state index in [-0.39, 0.29) is 11.8 Å². The molecule has 0 fully saturated rings. The van der Waals surface area contributed by atoms with Crippen LogP contribution in [0.2, 0.25) is 0 Å². The summed E-state index contributed by atoms with van der Waals surface area (Å²) in [5, 5.41) is 5.68. The number of carbonyl (C=O) groups is 2. The van der Waals surface area contributed by atoms with Gasteiger partial charge in [0.25, 0.3) is 11.8 Å². The van der Waals surface area contributed by atoms with Crippen molar-refractivity contribution < 1.29 is 9.59 Å². The molecule has 0 bridgehead atoms. The molecule has 1 aromatic heterocycles. The third-order valence-electron chi connectivity index (χ3n) is 3.83. The minimum atomic E-state index is -0.182. The lowest BCUT2D eigenvalue weighted by Gasteiger charge is -2.08. The molecule has 0 radical (unpaired) electrons. The van der Waals surface area contributed by atoms with Gasteiger partial charge in [0, 0.05) is 41.7 Å². The lowest BCUT2D eigenvalue weighted by Crippen LogP contribution is -2.25. The number of benzene rings is 2. The Morgan fingerprint density at radius 1 is 0.769 bits per heavy atom. The number of rotatable bonds is 6. The molecule has 3 rings (SSSR count). The SMILES string of the molecule is O=C(NCCc1ccccn1)c1ccc(NC(=O)c2ccccc2)cc1. The number of carbonyl (C=O) groups excluding carboxylic acids is 2. The van der Waals surface area contributed by atoms with E-state index in [0.717, 1.165) is 5.69 Å². The molecule has 0 saturated heterocycles. The molecule has 5 nitrogen and oxygen atoms in total. The van der Waals surface area contributed by atoms with Gasteiger partial charge in [-0.3, -0.25) is 14.6 Å². The van der Waals surface area contributed by atoms with Crippen LogP contribution in [0.3, 0.4) is 0 Å². The molecule has 3 aromatic rings. The van der Waals surface area contributed by atoms with E-state index in [1.807, 2.05) is 36.4 Å². The van der Waals surface area contributed by atoms with Gasteiger partial charge in [-0.25, -0.2) is 0 Å². The average molecular weight is 345 g/mol. The van der Waals surface area contributed by atoms with Gasteiger partial charge in [-0.2, -0.15) is 0 Å². The van der Waals surface area contributed by atoms with Crippen LogP contribution in [0.5, 0.6) is 0 Å². The standard InChI is InChI=1S/C21H19N3O2/c25-20(23-15-13-18-8-4-5-14-22-18)17-9-11-19(12-10-17)24-21(26)16-6-2-1-3-7-16/h1-12,14H,13,15H2,(H,23,25)(H,24,26). The maximum absolute atomic E-state index is 12.2. The fraction of sp³-hybridized carbons (Fsp3) is 0.0952. The third-order valence-corrected chi connectivity index (χ3v) is 3.83. The highest BCUT2D eigenvalue weighted by Crippen LogP contribution is 2.11. The number of nitrogens with zero attached hydrogens (tertiary/aromatic N) is 1. The number of aromatic nitrogens is 1. The monoisotopic (exact) mass is 345 g/mol. The molecule has 0 saturated carbocycles. The van der Waals surface area contributed by atoms with Crippen molar-refractivity contribution in [2.75, 3.05) is 11.9 Å². The van der Waals surface area contributed by atoms with E-state index >= 15 is 0 Å². The van der Waals surface area contributed by atoms with Crippen molar-refractivity contribution in [2.45, 2.75) is 6.42 Å². The van der Waals surface area contributed by atoms with Crippen LogP contribution in [0.25, 0.3) is 0 Å². The number of amides is 2. The molecular formula is C21H19N3O2. The number of nitrogens with one attached hydrogen (secondary N) is 2. The fourth-order valence-electron chi connectivity index (χ4n) is 2.45. The van der Waals surface area contributed by atoms with Crippen molar-refractivity contribution in [3.8, 4) is 0 Å². The molecular weight excluding hydrogens is 326 g/mol. The van der Waals surface area contributed by atoms with Crippen LogP contribution in [0.1, 0.15) is 26.4 Å². The fourth-order valence-corrected chi connectivity index (χ4v) is 2.45. The van der Waals surface area contributed by atoms with Gasteiger partial charge < -0.3 is 10.6 Å². The van der Waals surface area contributed by atoms with Crippen LogP contribution in [-0.2, 0) is 6.42 Å². The van der Waals surface area contributed by atoms with Crippen LogP contribution in [0.4, 0.5) is 5.69 Å². The first-order valence-corrected chi connectivity index (χ1v) is 8.37. The molecule has 0 aliphatic heterocycles. The van der Waals surface area contributed by atoms with Crippen molar-refractivity contribution in [3.05, 3.63) is 95.8 Å². The van der Waals surface area contributed by atoms with Gasteiger partial charge in [0.15, 0.2) is 0 Å². The van der Waals surface area contributed by atoms with Gasteiger partial charge in [-0.15, -0.1) is 0 Å². The summed E-state index contributed by atoms with van der Waals surface area (Å²) in [6.07, 6.45) is 2.41. The summed E-state index contributed by atoms with van der Waals surface area (Å²) >= 11 is 0. The molecule has 2 aromatic carbocycles. The van der Waals surface area contributed by atoms with E-state index in [2.05, 4.69) is 15.6 Å². The van der Waals surface area contributed by atoms with Crippen LogP contribution < -0.4 is 10.6 Å². The first-order valence-electron chi connectivity index (χ1n) is 8.37. The zero-order valence-electron chi connectivity index (χ0n) is 14.2. The van der Waals surface area contributed by atoms with E-state index in [1.54, 1.807) is 42.6 Å². The minimum Gasteiger partial charge on any atom is -0.352 e. The summed E-state index contributed by atoms with van der Waals surface area (Å²) < 4.78 is 0. The molecule has 0 aliphatic carbocycles. The Bertz CT molecular complexity index is 863. The quantitative estimate of drug-likeness (QED) is 0.720. The van der Waals surface area contributed by atoms with Gasteiger partial charge in [0.2, 0.25) is 0 Å². The highest BCUT2D eigenvalue weighted by Gasteiger charge is 2.08. The lowest BCUT2D eigenvalue weighted by atomic mass is 10.1. The normalized spacial score (nSPS) is 10.2. The minimum absolute atomic E-state index is 0.151. The summed E-state index contributed by atoms with van der Waals surface area (Å²) in [4.78, 5) is 28.5. The molecule has 130 valence electrons. The first-order chi connectivity index (χ1) is 12.7. The Balaban J connectivity index is 1.52. The van der Waals surface area contributed by atoms with Gasteiger partial charge in [0.1, 0.15) is 0 Å². The Morgan fingerprint density at radius 2 is 1.46 bits per heavy atom. The largest absolute Gasteiger partial charge is 0.352 e. The van der Waals surface area contributed by atoms with E-state index in [1.165, 1.54) is 0 Å². The average Bonchev–Trinajstić information content (AvgIpc) is 2.70. The lowest BCUT2D eigenvalue weighted by molar-refractivity contribution is 0.0953. The topological polar surface area (TPSA) is 71.1 Å². The van der Waals surface area contributed by atoms with Crippen LogP contribution in [0, 0.1) is 0 Å². The summed E-state index contributed by atoms with van der Waals surface area (Å²) in [7, 11) is 0. The van der Waals surface area contributed by atoms with Gasteiger partial charge >= 0.3 is 0 Å². The summed E-state index contributed by atoms with van der Waals surface area (Å²) in [6.45, 7) is 0.516. The maximum Gasteiger partial charge on any atom is 0.255 e. The number of anilines is 1. The van der Waals surface area contributed by atoms with E-state index < -0.39 is 0 Å². The number of hydrogen-bond donors (Lipinski definition) is 2. The Labute approximate surface area is 152 Å². The van der Waals surface area contributed by atoms with Crippen molar-refractivity contribution in [1.82, 2.24) is 10.3 Å². The first kappa shape index (κ1) is 17.4. The Morgan fingerprint density at radius 3 is 2.15 bits per heavy atom. The van der Waals surface area contributed by atoms with Crippen LogP contribution in [-0.4, -0.2) is 23.3 Å². The van der Waals surface area contributed by atoms with Crippen molar-refractivity contribution in [2.24, 2.45) is 0 Å². The highest BCUT2D eigenvalue weighted by molar-refractivity contribution is 6.04. The smallest absolute Gasteiger partial charge is 0.255 e. The van der Waals surface area contributed by atoms with E-state index in [0.29, 0.717) is 29.8 Å². The summed E-state index contributed by atoms with van der Waals surface area (Å²) in [5.74, 6) is -0.333. The van der Waals surface area contributed by atoms with Crippen LogP contribution >= 0.6 is 0 Å². The second-order valence-corrected chi connectivity index (χ2v) is 5.72. The second kappa shape index (κ2) is 8.58. The summed E-state index contributed by atoms with van der Waals surface area (Å²) in [6, 6.07) is 21.5. The molecule has 0 spiro atoms. The zero-order chi connectivity index (χ0) is 18.2. The third kappa shape index (κ3) is 4.77. The predicted octanol–water partition coefficient (Wildman–Crippen LogP) is 3.31. The zero-order valence-corrected chi connectivity index (χ0v) is 14.2. The molecule has 2 amide bonds. The Kier molecular flexibility index (Phi) is 5.72. The maximum atomic E-state index is 12.2. The van der Waals surface area contributed by atoms with Gasteiger partial charge in [-0.1, -0.05) is 24.3 Å². The van der Waals surface area contributed by atoms with Crippen LogP contribution in [0.15, 0.2) is 79.0 Å².